The van der Waals surface area contributed by atoms with Gasteiger partial charge < -0.3 is 5.32 Å². The molecule has 0 radical (unpaired) electrons. The first-order valence-electron chi connectivity index (χ1n) is 7.99. The lowest BCUT2D eigenvalue weighted by molar-refractivity contribution is 0.444. The summed E-state index contributed by atoms with van der Waals surface area (Å²) in [5.41, 5.74) is 3.20. The quantitative estimate of drug-likeness (QED) is 0.892. The summed E-state index contributed by atoms with van der Waals surface area (Å²) in [6, 6.07) is 11.7. The van der Waals surface area contributed by atoms with E-state index in [1.165, 1.54) is 12.1 Å². The third-order valence-corrected chi connectivity index (χ3v) is 5.55. The van der Waals surface area contributed by atoms with Gasteiger partial charge in [0, 0.05) is 6.04 Å². The van der Waals surface area contributed by atoms with Crippen LogP contribution in [0.2, 0.25) is 0 Å². The molecule has 1 heterocycles. The molecule has 6 heteroatoms. The minimum absolute atomic E-state index is 0.0514. The average molecular weight is 348 g/mol. The number of hydrogen-bond acceptors (Lipinski definition) is 3. The highest BCUT2D eigenvalue weighted by atomic mass is 32.2. The highest BCUT2D eigenvalue weighted by Gasteiger charge is 2.24. The standard InChI is InChI=1S/C18H21FN2O2S/c1-12(13-2-5-15(19)6-3-13)10-18-17-11-16(24(20,22)23)7-4-14(17)8-9-21-18/h2-7,11-12,18,21H,8-10H2,1H3,(H2,20,22,23). The highest BCUT2D eigenvalue weighted by Crippen LogP contribution is 2.33. The van der Waals surface area contributed by atoms with E-state index in [0.717, 1.165) is 36.1 Å². The van der Waals surface area contributed by atoms with Gasteiger partial charge >= 0.3 is 0 Å². The molecule has 0 spiro atoms. The van der Waals surface area contributed by atoms with Gasteiger partial charge in [-0.1, -0.05) is 25.1 Å². The molecular formula is C18H21FN2O2S. The molecular weight excluding hydrogens is 327 g/mol. The second-order valence-corrected chi connectivity index (χ2v) is 7.91. The molecule has 1 aliphatic rings. The van der Waals surface area contributed by atoms with Crippen LogP contribution in [0.15, 0.2) is 47.4 Å². The Labute approximate surface area is 141 Å². The molecule has 0 fully saturated rings. The number of primary sulfonamides is 1. The van der Waals surface area contributed by atoms with E-state index in [9.17, 15) is 12.8 Å². The maximum absolute atomic E-state index is 13.1. The van der Waals surface area contributed by atoms with Crippen LogP contribution >= 0.6 is 0 Å². The molecule has 3 rings (SSSR count). The van der Waals surface area contributed by atoms with E-state index in [2.05, 4.69) is 12.2 Å². The Balaban J connectivity index is 1.87. The number of halogens is 1. The second-order valence-electron chi connectivity index (χ2n) is 6.35. The van der Waals surface area contributed by atoms with Crippen molar-refractivity contribution in [2.45, 2.75) is 36.6 Å². The van der Waals surface area contributed by atoms with Crippen molar-refractivity contribution in [3.8, 4) is 0 Å². The van der Waals surface area contributed by atoms with Gasteiger partial charge in [-0.3, -0.25) is 0 Å². The number of nitrogens with two attached hydrogens (primary N) is 1. The van der Waals surface area contributed by atoms with Crippen LogP contribution in [-0.2, 0) is 16.4 Å². The van der Waals surface area contributed by atoms with Gasteiger partial charge in [0.25, 0.3) is 0 Å². The Morgan fingerprint density at radius 2 is 1.96 bits per heavy atom. The summed E-state index contributed by atoms with van der Waals surface area (Å²) in [6.07, 6.45) is 1.66. The van der Waals surface area contributed by atoms with Crippen LogP contribution < -0.4 is 10.5 Å². The largest absolute Gasteiger partial charge is 0.310 e. The maximum atomic E-state index is 13.1. The second kappa shape index (κ2) is 6.63. The topological polar surface area (TPSA) is 72.2 Å². The van der Waals surface area contributed by atoms with Crippen molar-refractivity contribution in [1.82, 2.24) is 5.32 Å². The molecule has 4 nitrogen and oxygen atoms in total. The lowest BCUT2D eigenvalue weighted by Gasteiger charge is -2.29. The Morgan fingerprint density at radius 3 is 2.62 bits per heavy atom. The molecule has 0 saturated heterocycles. The van der Waals surface area contributed by atoms with Gasteiger partial charge in [0.1, 0.15) is 5.82 Å². The summed E-state index contributed by atoms with van der Waals surface area (Å²) in [4.78, 5) is 0.143. The smallest absolute Gasteiger partial charge is 0.238 e. The van der Waals surface area contributed by atoms with E-state index in [4.69, 9.17) is 5.14 Å². The van der Waals surface area contributed by atoms with Crippen LogP contribution in [0.5, 0.6) is 0 Å². The summed E-state index contributed by atoms with van der Waals surface area (Å²) in [7, 11) is -3.71. The molecule has 0 aliphatic carbocycles. The third kappa shape index (κ3) is 3.66. The zero-order valence-corrected chi connectivity index (χ0v) is 14.3. The molecule has 0 saturated carbocycles. The van der Waals surface area contributed by atoms with Gasteiger partial charge in [-0.25, -0.2) is 17.9 Å². The van der Waals surface area contributed by atoms with Crippen LogP contribution in [0.3, 0.4) is 0 Å². The van der Waals surface area contributed by atoms with Crippen molar-refractivity contribution in [2.75, 3.05) is 6.54 Å². The maximum Gasteiger partial charge on any atom is 0.238 e. The SMILES string of the molecule is CC(CC1NCCc2ccc(S(N)(=O)=O)cc21)c1ccc(F)cc1. The normalized spacial score (nSPS) is 18.9. The van der Waals surface area contributed by atoms with Gasteiger partial charge in [-0.2, -0.15) is 0 Å². The summed E-state index contributed by atoms with van der Waals surface area (Å²) in [5.74, 6) is -0.0305. The van der Waals surface area contributed by atoms with Gasteiger partial charge in [0.2, 0.25) is 10.0 Å². The lowest BCUT2D eigenvalue weighted by atomic mass is 9.86. The van der Waals surface area contributed by atoms with Crippen LogP contribution in [0.4, 0.5) is 4.39 Å². The minimum atomic E-state index is -3.71. The van der Waals surface area contributed by atoms with Gasteiger partial charge in [-0.15, -0.1) is 0 Å². The summed E-state index contributed by atoms with van der Waals surface area (Å²) >= 11 is 0. The first-order chi connectivity index (χ1) is 11.3. The van der Waals surface area contributed by atoms with Crippen LogP contribution in [0.1, 0.15) is 42.0 Å². The zero-order chi connectivity index (χ0) is 17.3. The predicted molar refractivity (Wildman–Crippen MR) is 91.7 cm³/mol. The van der Waals surface area contributed by atoms with Crippen LogP contribution in [-0.4, -0.2) is 15.0 Å². The summed E-state index contributed by atoms with van der Waals surface area (Å²) in [6.45, 7) is 2.94. The number of sulfonamides is 1. The Kier molecular flexibility index (Phi) is 4.71. The van der Waals surface area contributed by atoms with Crippen molar-refractivity contribution in [2.24, 2.45) is 5.14 Å². The number of fused-ring (bicyclic) bond motifs is 1. The highest BCUT2D eigenvalue weighted by molar-refractivity contribution is 7.89. The molecule has 0 aromatic heterocycles. The molecule has 2 atom stereocenters. The number of nitrogens with one attached hydrogen (secondary N) is 1. The van der Waals surface area contributed by atoms with E-state index in [1.54, 1.807) is 24.3 Å². The predicted octanol–water partition coefficient (Wildman–Crippen LogP) is 2.85. The summed E-state index contributed by atoms with van der Waals surface area (Å²) < 4.78 is 36.3. The van der Waals surface area contributed by atoms with E-state index >= 15 is 0 Å². The molecule has 24 heavy (non-hydrogen) atoms. The third-order valence-electron chi connectivity index (χ3n) is 4.63. The van der Waals surface area contributed by atoms with E-state index in [0.29, 0.717) is 0 Å². The monoisotopic (exact) mass is 348 g/mol. The number of rotatable bonds is 4. The van der Waals surface area contributed by atoms with Crippen molar-refractivity contribution >= 4 is 10.0 Å². The Morgan fingerprint density at radius 1 is 1.25 bits per heavy atom. The molecule has 128 valence electrons. The fraction of sp³-hybridized carbons (Fsp3) is 0.333. The fourth-order valence-electron chi connectivity index (χ4n) is 3.28. The van der Waals surface area contributed by atoms with Crippen molar-refractivity contribution in [3.63, 3.8) is 0 Å². The molecule has 1 aliphatic heterocycles. The Bertz CT molecular complexity index is 835. The molecule has 2 aromatic carbocycles. The van der Waals surface area contributed by atoms with Crippen molar-refractivity contribution < 1.29 is 12.8 Å². The fourth-order valence-corrected chi connectivity index (χ4v) is 3.83. The van der Waals surface area contributed by atoms with Gasteiger partial charge in [0.15, 0.2) is 0 Å². The zero-order valence-electron chi connectivity index (χ0n) is 13.5. The molecule has 2 aromatic rings. The van der Waals surface area contributed by atoms with Crippen molar-refractivity contribution in [3.05, 3.63) is 65.0 Å². The molecule has 3 N–H and O–H groups in total. The van der Waals surface area contributed by atoms with E-state index in [1.807, 2.05) is 6.07 Å². The van der Waals surface area contributed by atoms with Crippen LogP contribution in [0.25, 0.3) is 0 Å². The first kappa shape index (κ1) is 17.1. The van der Waals surface area contributed by atoms with E-state index < -0.39 is 10.0 Å². The van der Waals surface area contributed by atoms with E-state index in [-0.39, 0.29) is 22.7 Å². The minimum Gasteiger partial charge on any atom is -0.310 e. The molecule has 0 bridgehead atoms. The number of benzene rings is 2. The van der Waals surface area contributed by atoms with Gasteiger partial charge in [-0.05, 0) is 66.3 Å². The first-order valence-corrected chi connectivity index (χ1v) is 9.53. The van der Waals surface area contributed by atoms with Gasteiger partial charge in [0.05, 0.1) is 4.90 Å². The number of hydrogen-bond donors (Lipinski definition) is 2. The average Bonchev–Trinajstić information content (AvgIpc) is 2.54. The lowest BCUT2D eigenvalue weighted by Crippen LogP contribution is -2.31. The molecule has 2 unspecified atom stereocenters. The Hall–Kier alpha value is -1.76. The summed E-state index contributed by atoms with van der Waals surface area (Å²) in [5, 5.41) is 8.71. The molecule has 0 amide bonds. The van der Waals surface area contributed by atoms with Crippen molar-refractivity contribution in [1.29, 1.82) is 0 Å². The van der Waals surface area contributed by atoms with Crippen LogP contribution in [0, 0.1) is 5.82 Å².